The van der Waals surface area contributed by atoms with E-state index in [1.165, 1.54) is 0 Å². The molecule has 0 saturated carbocycles. The molecule has 0 spiro atoms. The van der Waals surface area contributed by atoms with Crippen molar-refractivity contribution in [2.24, 2.45) is 0 Å². The van der Waals surface area contributed by atoms with Crippen molar-refractivity contribution in [3.8, 4) is 0 Å². The number of hydrogen-bond acceptors (Lipinski definition) is 1. The summed E-state index contributed by atoms with van der Waals surface area (Å²) in [6.45, 7) is 2.03. The van der Waals surface area contributed by atoms with Gasteiger partial charge < -0.3 is 10.6 Å². The van der Waals surface area contributed by atoms with Crippen LogP contribution >= 0.6 is 15.9 Å². The molecule has 0 aliphatic carbocycles. The van der Waals surface area contributed by atoms with Crippen LogP contribution in [0.2, 0.25) is 0 Å². The fourth-order valence-electron chi connectivity index (χ4n) is 2.32. The normalized spacial score (nSPS) is 12.0. The first kappa shape index (κ1) is 18.5. The van der Waals surface area contributed by atoms with Gasteiger partial charge in [-0.15, -0.1) is 0 Å². The molecule has 24 heavy (non-hydrogen) atoms. The Balaban J connectivity index is 1.97. The number of quaternary nitrogens is 1. The second kappa shape index (κ2) is 8.30. The number of nitrogens with two attached hydrogens (primary N) is 1. The van der Waals surface area contributed by atoms with Crippen molar-refractivity contribution in [2.45, 2.75) is 19.4 Å². The highest BCUT2D eigenvalue weighted by molar-refractivity contribution is 9.10. The second-order valence-electron chi connectivity index (χ2n) is 5.28. The van der Waals surface area contributed by atoms with Gasteiger partial charge in [-0.2, -0.15) is 0 Å². The number of amides is 1. The van der Waals surface area contributed by atoms with E-state index in [0.717, 1.165) is 28.6 Å². The summed E-state index contributed by atoms with van der Waals surface area (Å²) in [5, 5.41) is 4.07. The molecular weight excluding hydrogens is 385 g/mol. The number of hydrogen-bond donors (Lipinski definition) is 2. The Bertz CT molecular complexity index is 723. The van der Waals surface area contributed by atoms with Crippen LogP contribution < -0.4 is 10.6 Å². The standard InChI is InChI=1S/C17H16BrF3N2O/c1-2-13(10-3-5-11(18)6-4-10)22-9-15(24)23-14-8-7-12(19)16(20)17(14)21/h3-8,13,22H,2,9H2,1H3,(H,23,24)/p+1/t13-/m1/s1. The molecule has 0 heterocycles. The van der Waals surface area contributed by atoms with Crippen molar-refractivity contribution in [1.29, 1.82) is 0 Å². The molecule has 0 unspecified atom stereocenters. The van der Waals surface area contributed by atoms with E-state index < -0.39 is 23.4 Å². The van der Waals surface area contributed by atoms with Gasteiger partial charge in [0.15, 0.2) is 24.0 Å². The van der Waals surface area contributed by atoms with Crippen LogP contribution in [-0.4, -0.2) is 12.5 Å². The molecule has 3 nitrogen and oxygen atoms in total. The molecule has 2 aromatic carbocycles. The highest BCUT2D eigenvalue weighted by Gasteiger charge is 2.18. The molecule has 2 aromatic rings. The highest BCUT2D eigenvalue weighted by Crippen LogP contribution is 2.19. The van der Waals surface area contributed by atoms with Gasteiger partial charge >= 0.3 is 0 Å². The fourth-order valence-corrected chi connectivity index (χ4v) is 2.59. The van der Waals surface area contributed by atoms with Crippen LogP contribution in [0.4, 0.5) is 18.9 Å². The maximum absolute atomic E-state index is 13.5. The van der Waals surface area contributed by atoms with Crippen LogP contribution in [0.15, 0.2) is 40.9 Å². The molecule has 1 amide bonds. The van der Waals surface area contributed by atoms with E-state index in [2.05, 4.69) is 21.2 Å². The molecule has 0 bridgehead atoms. The van der Waals surface area contributed by atoms with Crippen molar-refractivity contribution < 1.29 is 23.3 Å². The molecule has 7 heteroatoms. The molecule has 0 aliphatic rings. The first-order valence-electron chi connectivity index (χ1n) is 7.44. The Kier molecular flexibility index (Phi) is 6.39. The Morgan fingerprint density at radius 3 is 2.42 bits per heavy atom. The van der Waals surface area contributed by atoms with Crippen molar-refractivity contribution in [2.75, 3.05) is 11.9 Å². The van der Waals surface area contributed by atoms with Gasteiger partial charge in [-0.25, -0.2) is 13.2 Å². The minimum Gasteiger partial charge on any atom is -0.332 e. The molecule has 0 aliphatic heterocycles. The zero-order valence-electron chi connectivity index (χ0n) is 13.0. The van der Waals surface area contributed by atoms with Crippen molar-refractivity contribution in [3.63, 3.8) is 0 Å². The fraction of sp³-hybridized carbons (Fsp3) is 0.235. The average molecular weight is 402 g/mol. The van der Waals surface area contributed by atoms with Crippen LogP contribution in [0.1, 0.15) is 24.9 Å². The van der Waals surface area contributed by atoms with Gasteiger partial charge in [-0.1, -0.05) is 35.0 Å². The van der Waals surface area contributed by atoms with E-state index in [1.54, 1.807) is 0 Å². The van der Waals surface area contributed by atoms with Gasteiger partial charge in [-0.3, -0.25) is 4.79 Å². The van der Waals surface area contributed by atoms with Crippen molar-refractivity contribution in [3.05, 3.63) is 63.9 Å². The van der Waals surface area contributed by atoms with E-state index in [4.69, 9.17) is 0 Å². The summed E-state index contributed by atoms with van der Waals surface area (Å²) in [6.07, 6.45) is 0.800. The van der Waals surface area contributed by atoms with Crippen LogP contribution in [0, 0.1) is 17.5 Å². The van der Waals surface area contributed by atoms with E-state index in [1.807, 2.05) is 36.5 Å². The van der Waals surface area contributed by atoms with Gasteiger partial charge in [0, 0.05) is 16.5 Å². The van der Waals surface area contributed by atoms with Crippen LogP contribution in [0.25, 0.3) is 0 Å². The van der Waals surface area contributed by atoms with Gasteiger partial charge in [0.05, 0.1) is 5.69 Å². The van der Waals surface area contributed by atoms with Gasteiger partial charge in [0.2, 0.25) is 0 Å². The highest BCUT2D eigenvalue weighted by atomic mass is 79.9. The summed E-state index contributed by atoms with van der Waals surface area (Å²) >= 11 is 3.37. The number of carbonyl (C=O) groups excluding carboxylic acids is 1. The summed E-state index contributed by atoms with van der Waals surface area (Å²) in [5.74, 6) is -4.78. The van der Waals surface area contributed by atoms with E-state index >= 15 is 0 Å². The number of benzene rings is 2. The van der Waals surface area contributed by atoms with Gasteiger partial charge in [0.1, 0.15) is 6.04 Å². The van der Waals surface area contributed by atoms with Crippen LogP contribution in [0.5, 0.6) is 0 Å². The monoisotopic (exact) mass is 401 g/mol. The average Bonchev–Trinajstić information content (AvgIpc) is 2.57. The summed E-state index contributed by atoms with van der Waals surface area (Å²) in [7, 11) is 0. The molecule has 128 valence electrons. The number of halogens is 4. The van der Waals surface area contributed by atoms with Crippen molar-refractivity contribution in [1.82, 2.24) is 0 Å². The Morgan fingerprint density at radius 2 is 1.79 bits per heavy atom. The largest absolute Gasteiger partial charge is 0.332 e. The van der Waals surface area contributed by atoms with Crippen LogP contribution in [-0.2, 0) is 4.79 Å². The molecule has 2 rings (SSSR count). The maximum Gasteiger partial charge on any atom is 0.279 e. The lowest BCUT2D eigenvalue weighted by molar-refractivity contribution is -0.686. The Labute approximate surface area is 146 Å². The minimum absolute atomic E-state index is 0.0347. The molecule has 0 aromatic heterocycles. The quantitative estimate of drug-likeness (QED) is 0.714. The molecule has 0 saturated heterocycles. The van der Waals surface area contributed by atoms with Gasteiger partial charge in [0.25, 0.3) is 5.91 Å². The summed E-state index contributed by atoms with van der Waals surface area (Å²) in [5.41, 5.74) is 0.691. The lowest BCUT2D eigenvalue weighted by atomic mass is 10.0. The summed E-state index contributed by atoms with van der Waals surface area (Å²) < 4.78 is 40.5. The third-order valence-electron chi connectivity index (χ3n) is 3.64. The predicted octanol–water partition coefficient (Wildman–Crippen LogP) is 3.52. The zero-order valence-corrected chi connectivity index (χ0v) is 14.5. The molecule has 0 fully saturated rings. The van der Waals surface area contributed by atoms with Crippen molar-refractivity contribution >= 4 is 27.5 Å². The third-order valence-corrected chi connectivity index (χ3v) is 4.16. The van der Waals surface area contributed by atoms with Gasteiger partial charge in [-0.05, 0) is 24.3 Å². The first-order valence-corrected chi connectivity index (χ1v) is 8.23. The Morgan fingerprint density at radius 1 is 1.12 bits per heavy atom. The van der Waals surface area contributed by atoms with E-state index in [-0.39, 0.29) is 18.3 Å². The van der Waals surface area contributed by atoms with E-state index in [0.29, 0.717) is 0 Å². The topological polar surface area (TPSA) is 45.7 Å². The maximum atomic E-state index is 13.5. The Hall–Kier alpha value is -1.86. The predicted molar refractivity (Wildman–Crippen MR) is 88.9 cm³/mol. The molecule has 0 radical (unpaired) electrons. The number of nitrogens with one attached hydrogen (secondary N) is 1. The molecular formula is C17H17BrF3N2O+. The third kappa shape index (κ3) is 4.58. The number of anilines is 1. The smallest absolute Gasteiger partial charge is 0.279 e. The molecule has 1 atom stereocenters. The first-order chi connectivity index (χ1) is 11.4. The van der Waals surface area contributed by atoms with Crippen LogP contribution in [0.3, 0.4) is 0 Å². The lowest BCUT2D eigenvalue weighted by Crippen LogP contribution is -2.87. The molecule has 3 N–H and O–H groups in total. The summed E-state index contributed by atoms with van der Waals surface area (Å²) in [6, 6.07) is 9.60. The second-order valence-corrected chi connectivity index (χ2v) is 6.19. The zero-order chi connectivity index (χ0) is 17.7. The number of rotatable bonds is 6. The SMILES string of the molecule is CC[C@@H]([NH2+]CC(=O)Nc1ccc(F)c(F)c1F)c1ccc(Br)cc1. The minimum atomic E-state index is -1.60. The number of carbonyl (C=O) groups is 1. The summed E-state index contributed by atoms with van der Waals surface area (Å²) in [4.78, 5) is 11.9. The lowest BCUT2D eigenvalue weighted by Gasteiger charge is -2.14. The van der Waals surface area contributed by atoms with E-state index in [9.17, 15) is 18.0 Å².